The molecule has 1 aliphatic heterocycles. The van der Waals surface area contributed by atoms with Gasteiger partial charge in [-0.3, -0.25) is 19.3 Å². The quantitative estimate of drug-likeness (QED) is 0.282. The van der Waals surface area contributed by atoms with Gasteiger partial charge >= 0.3 is 0 Å². The zero-order valence-corrected chi connectivity index (χ0v) is 23.9. The van der Waals surface area contributed by atoms with Crippen LogP contribution >= 0.6 is 22.9 Å². The number of aromatic nitrogens is 1. The lowest BCUT2D eigenvalue weighted by Crippen LogP contribution is -2.39. The number of benzene rings is 3. The first-order valence-corrected chi connectivity index (χ1v) is 15.3. The Kier molecular flexibility index (Phi) is 8.49. The Morgan fingerprint density at radius 3 is 2.54 bits per heavy atom. The highest BCUT2D eigenvalue weighted by Crippen LogP contribution is 2.34. The first kappa shape index (κ1) is 27.5. The molecule has 1 aromatic heterocycles. The fourth-order valence-corrected chi connectivity index (χ4v) is 6.99. The number of nitrogens with one attached hydrogen (secondary N) is 1. The molecule has 4 aromatic rings. The predicted octanol–water partition coefficient (Wildman–Crippen LogP) is 5.43. The molecule has 1 fully saturated rings. The molecule has 0 aliphatic carbocycles. The smallest absolute Gasteiger partial charge is 0.261 e. The van der Waals surface area contributed by atoms with Crippen LogP contribution in [0, 0.1) is 6.92 Å². The van der Waals surface area contributed by atoms with Gasteiger partial charge in [0.25, 0.3) is 15.9 Å². The first-order valence-electron chi connectivity index (χ1n) is 12.7. The third-order valence-electron chi connectivity index (χ3n) is 6.51. The number of halogens is 1. The number of morpholine rings is 1. The van der Waals surface area contributed by atoms with E-state index in [1.165, 1.54) is 23.5 Å². The van der Waals surface area contributed by atoms with Gasteiger partial charge in [-0.05, 0) is 67.4 Å². The summed E-state index contributed by atoms with van der Waals surface area (Å²) in [5.41, 5.74) is 2.60. The van der Waals surface area contributed by atoms with Gasteiger partial charge in [-0.15, -0.1) is 0 Å². The molecule has 0 atom stereocenters. The molecule has 8 nitrogen and oxygen atoms in total. The molecule has 1 saturated heterocycles. The van der Waals surface area contributed by atoms with E-state index in [0.717, 1.165) is 55.0 Å². The van der Waals surface area contributed by atoms with Gasteiger partial charge in [-0.25, -0.2) is 13.4 Å². The number of fused-ring (bicyclic) bond motifs is 1. The predicted molar refractivity (Wildman–Crippen MR) is 157 cm³/mol. The van der Waals surface area contributed by atoms with Crippen LogP contribution in [-0.4, -0.2) is 63.6 Å². The SMILES string of the molecule is Cc1cc(Cl)cc2sc(N(CCCN3CCOCC3)C(=O)c3ccc(NS(=O)(=O)c4ccccc4)cc3)nc12. The molecule has 0 radical (unpaired) electrons. The molecule has 0 bridgehead atoms. The van der Waals surface area contributed by atoms with Crippen molar-refractivity contribution in [1.29, 1.82) is 0 Å². The van der Waals surface area contributed by atoms with Crippen LogP contribution in [0.4, 0.5) is 10.8 Å². The number of ether oxygens (including phenoxy) is 1. The summed E-state index contributed by atoms with van der Waals surface area (Å²) in [6.07, 6.45) is 0.774. The highest BCUT2D eigenvalue weighted by Gasteiger charge is 2.23. The Morgan fingerprint density at radius 2 is 1.82 bits per heavy atom. The molecule has 0 spiro atoms. The van der Waals surface area contributed by atoms with Gasteiger partial charge in [0.05, 0.1) is 28.3 Å². The maximum Gasteiger partial charge on any atom is 0.261 e. The van der Waals surface area contributed by atoms with Crippen LogP contribution in [0.5, 0.6) is 0 Å². The number of nitrogens with zero attached hydrogens (tertiary/aromatic N) is 3. The molecule has 11 heteroatoms. The largest absolute Gasteiger partial charge is 0.379 e. The maximum absolute atomic E-state index is 13.8. The molecule has 1 aliphatic rings. The summed E-state index contributed by atoms with van der Waals surface area (Å²) < 4.78 is 34.3. The number of carbonyl (C=O) groups is 1. The van der Waals surface area contributed by atoms with Gasteiger partial charge in [0.2, 0.25) is 0 Å². The van der Waals surface area contributed by atoms with Gasteiger partial charge in [0.1, 0.15) is 0 Å². The minimum Gasteiger partial charge on any atom is -0.379 e. The molecular weight excluding hydrogens is 556 g/mol. The van der Waals surface area contributed by atoms with Crippen LogP contribution in [-0.2, 0) is 14.8 Å². The number of anilines is 2. The van der Waals surface area contributed by atoms with Crippen molar-refractivity contribution in [2.75, 3.05) is 49.0 Å². The topological polar surface area (TPSA) is 91.8 Å². The standard InChI is InChI=1S/C28H29ClN4O4S2/c1-20-18-22(29)19-25-26(20)30-28(38-25)33(13-5-12-32-14-16-37-17-15-32)27(34)21-8-10-23(11-9-21)31-39(35,36)24-6-3-2-4-7-24/h2-4,6-11,18-19,31H,5,12-17H2,1H3. The van der Waals surface area contributed by atoms with Gasteiger partial charge in [0, 0.05) is 42.5 Å². The maximum atomic E-state index is 13.8. The van der Waals surface area contributed by atoms with E-state index in [-0.39, 0.29) is 10.8 Å². The fourth-order valence-electron chi connectivity index (χ4n) is 4.47. The zero-order chi connectivity index (χ0) is 27.4. The van der Waals surface area contributed by atoms with Crippen molar-refractivity contribution in [2.24, 2.45) is 0 Å². The summed E-state index contributed by atoms with van der Waals surface area (Å²) in [5, 5.41) is 1.24. The number of carbonyl (C=O) groups excluding carboxylic acids is 1. The van der Waals surface area contributed by atoms with E-state index >= 15 is 0 Å². The molecule has 1 N–H and O–H groups in total. The average Bonchev–Trinajstić information content (AvgIpc) is 3.36. The van der Waals surface area contributed by atoms with Gasteiger partial charge < -0.3 is 4.74 Å². The number of hydrogen-bond donors (Lipinski definition) is 1. The number of rotatable bonds is 9. The van der Waals surface area contributed by atoms with Crippen molar-refractivity contribution < 1.29 is 17.9 Å². The Morgan fingerprint density at radius 1 is 1.10 bits per heavy atom. The van der Waals surface area contributed by atoms with Crippen LogP contribution in [0.1, 0.15) is 22.3 Å². The van der Waals surface area contributed by atoms with E-state index in [1.807, 2.05) is 19.1 Å². The Balaban J connectivity index is 1.37. The number of aryl methyl sites for hydroxylation is 1. The molecule has 204 valence electrons. The molecule has 3 aromatic carbocycles. The van der Waals surface area contributed by atoms with Crippen molar-refractivity contribution in [3.63, 3.8) is 0 Å². The molecule has 0 saturated carbocycles. The average molecular weight is 585 g/mol. The van der Waals surface area contributed by atoms with Crippen LogP contribution < -0.4 is 9.62 Å². The van der Waals surface area contributed by atoms with Crippen LogP contribution in [0.15, 0.2) is 71.6 Å². The Labute approximate surface area is 237 Å². The number of amides is 1. The van der Waals surface area contributed by atoms with Gasteiger partial charge in [-0.1, -0.05) is 41.1 Å². The van der Waals surface area contributed by atoms with Crippen molar-refractivity contribution in [2.45, 2.75) is 18.2 Å². The lowest BCUT2D eigenvalue weighted by atomic mass is 10.2. The lowest BCUT2D eigenvalue weighted by molar-refractivity contribution is 0.0376. The third kappa shape index (κ3) is 6.59. The summed E-state index contributed by atoms with van der Waals surface area (Å²) >= 11 is 7.71. The number of thiazole rings is 1. The van der Waals surface area contributed by atoms with E-state index in [1.54, 1.807) is 47.4 Å². The van der Waals surface area contributed by atoms with E-state index in [0.29, 0.717) is 27.9 Å². The molecule has 0 unspecified atom stereocenters. The van der Waals surface area contributed by atoms with Crippen molar-refractivity contribution in [3.8, 4) is 0 Å². The second-order valence-electron chi connectivity index (χ2n) is 9.33. The highest BCUT2D eigenvalue weighted by molar-refractivity contribution is 7.92. The summed E-state index contributed by atoms with van der Waals surface area (Å²) in [6.45, 7) is 6.51. The first-order chi connectivity index (χ1) is 18.8. The minimum absolute atomic E-state index is 0.169. The minimum atomic E-state index is -3.73. The normalized spacial score (nSPS) is 14.4. The van der Waals surface area contributed by atoms with E-state index in [9.17, 15) is 13.2 Å². The van der Waals surface area contributed by atoms with E-state index in [2.05, 4.69) is 9.62 Å². The number of sulfonamides is 1. The van der Waals surface area contributed by atoms with Crippen molar-refractivity contribution >= 4 is 59.9 Å². The van der Waals surface area contributed by atoms with Crippen LogP contribution in [0.25, 0.3) is 10.2 Å². The lowest BCUT2D eigenvalue weighted by Gasteiger charge is -2.27. The molecule has 2 heterocycles. The second-order valence-corrected chi connectivity index (χ2v) is 12.5. The van der Waals surface area contributed by atoms with Gasteiger partial charge in [0.15, 0.2) is 5.13 Å². The molecule has 39 heavy (non-hydrogen) atoms. The fraction of sp³-hybridized carbons (Fsp3) is 0.286. The monoisotopic (exact) mass is 584 g/mol. The van der Waals surface area contributed by atoms with E-state index < -0.39 is 10.0 Å². The summed E-state index contributed by atoms with van der Waals surface area (Å²) in [6, 6.07) is 18.4. The van der Waals surface area contributed by atoms with E-state index in [4.69, 9.17) is 21.3 Å². The molecule has 1 amide bonds. The third-order valence-corrected chi connectivity index (χ3v) is 9.15. The van der Waals surface area contributed by atoms with Crippen LogP contribution in [0.3, 0.4) is 0 Å². The molecule has 5 rings (SSSR count). The highest BCUT2D eigenvalue weighted by atomic mass is 35.5. The van der Waals surface area contributed by atoms with Crippen LogP contribution in [0.2, 0.25) is 5.02 Å². The number of hydrogen-bond acceptors (Lipinski definition) is 7. The van der Waals surface area contributed by atoms with Gasteiger partial charge in [-0.2, -0.15) is 0 Å². The van der Waals surface area contributed by atoms with Crippen molar-refractivity contribution in [3.05, 3.63) is 82.9 Å². The zero-order valence-electron chi connectivity index (χ0n) is 21.5. The summed E-state index contributed by atoms with van der Waals surface area (Å²) in [7, 11) is -3.73. The van der Waals surface area contributed by atoms with Crippen molar-refractivity contribution in [1.82, 2.24) is 9.88 Å². The Hall–Kier alpha value is -3.02. The summed E-state index contributed by atoms with van der Waals surface area (Å²) in [4.78, 5) is 22.8. The summed E-state index contributed by atoms with van der Waals surface area (Å²) in [5.74, 6) is -0.197. The second kappa shape index (κ2) is 12.0. The Bertz CT molecular complexity index is 1550. The molecular formula is C28H29ClN4O4S2.